The first-order valence-electron chi connectivity index (χ1n) is 5.12. The van der Waals surface area contributed by atoms with E-state index in [1.807, 2.05) is 37.3 Å². The number of aromatic nitrogens is 2. The van der Waals surface area contributed by atoms with Gasteiger partial charge in [0.1, 0.15) is 11.6 Å². The Morgan fingerprint density at radius 1 is 1.06 bits per heavy atom. The molecule has 0 bridgehead atoms. The molecule has 1 aromatic heterocycles. The van der Waals surface area contributed by atoms with Gasteiger partial charge in [0.25, 0.3) is 0 Å². The molecule has 1 heterocycles. The molecule has 0 spiro atoms. The van der Waals surface area contributed by atoms with Crippen LogP contribution < -0.4 is 10.5 Å². The van der Waals surface area contributed by atoms with E-state index in [0.29, 0.717) is 12.4 Å². The molecule has 0 aliphatic rings. The molecule has 0 atom stereocenters. The molecule has 0 unspecified atom stereocenters. The van der Waals surface area contributed by atoms with Gasteiger partial charge in [-0.2, -0.15) is 0 Å². The minimum absolute atomic E-state index is 0.426. The van der Waals surface area contributed by atoms with Crippen LogP contribution in [0.25, 0.3) is 11.3 Å². The molecule has 0 aliphatic heterocycles. The fourth-order valence-electron chi connectivity index (χ4n) is 1.39. The molecule has 2 N–H and O–H groups in total. The van der Waals surface area contributed by atoms with Crippen molar-refractivity contribution < 1.29 is 4.74 Å². The van der Waals surface area contributed by atoms with Crippen LogP contribution in [0.4, 0.5) is 5.82 Å². The Morgan fingerprint density at radius 2 is 1.81 bits per heavy atom. The Morgan fingerprint density at radius 3 is 2.38 bits per heavy atom. The number of nitrogens with two attached hydrogens (primary N) is 1. The second-order valence-electron chi connectivity index (χ2n) is 3.30. The highest BCUT2D eigenvalue weighted by atomic mass is 16.5. The van der Waals surface area contributed by atoms with Crippen molar-refractivity contribution in [2.24, 2.45) is 0 Å². The zero-order chi connectivity index (χ0) is 11.4. The van der Waals surface area contributed by atoms with Crippen LogP contribution in [0.2, 0.25) is 0 Å². The normalized spacial score (nSPS) is 10.1. The Hall–Kier alpha value is -2.10. The first-order valence-corrected chi connectivity index (χ1v) is 5.12. The summed E-state index contributed by atoms with van der Waals surface area (Å²) in [4.78, 5) is 0. The van der Waals surface area contributed by atoms with Crippen molar-refractivity contribution in [3.8, 4) is 17.0 Å². The second kappa shape index (κ2) is 4.61. The maximum Gasteiger partial charge on any atom is 0.146 e. The van der Waals surface area contributed by atoms with Gasteiger partial charge in [-0.15, -0.1) is 10.2 Å². The number of anilines is 1. The van der Waals surface area contributed by atoms with Gasteiger partial charge < -0.3 is 10.5 Å². The maximum atomic E-state index is 5.47. The van der Waals surface area contributed by atoms with E-state index in [-0.39, 0.29) is 0 Å². The minimum atomic E-state index is 0.426. The molecular weight excluding hydrogens is 202 g/mol. The number of rotatable bonds is 3. The maximum absolute atomic E-state index is 5.47. The van der Waals surface area contributed by atoms with E-state index < -0.39 is 0 Å². The summed E-state index contributed by atoms with van der Waals surface area (Å²) in [5.41, 5.74) is 7.27. The quantitative estimate of drug-likeness (QED) is 0.851. The highest BCUT2D eigenvalue weighted by Gasteiger charge is 2.00. The first-order chi connectivity index (χ1) is 7.79. The Kier molecular flexibility index (Phi) is 3.00. The van der Waals surface area contributed by atoms with E-state index in [4.69, 9.17) is 10.5 Å². The van der Waals surface area contributed by atoms with Gasteiger partial charge in [-0.1, -0.05) is 0 Å². The minimum Gasteiger partial charge on any atom is -0.494 e. The Labute approximate surface area is 94.1 Å². The molecular formula is C12H13N3O. The summed E-state index contributed by atoms with van der Waals surface area (Å²) in [6, 6.07) is 11.3. The second-order valence-corrected chi connectivity index (χ2v) is 3.30. The third-order valence-electron chi connectivity index (χ3n) is 2.15. The van der Waals surface area contributed by atoms with Crippen LogP contribution in [0.15, 0.2) is 36.4 Å². The van der Waals surface area contributed by atoms with Crippen molar-refractivity contribution in [1.82, 2.24) is 10.2 Å². The fourth-order valence-corrected chi connectivity index (χ4v) is 1.39. The smallest absolute Gasteiger partial charge is 0.146 e. The van der Waals surface area contributed by atoms with Crippen molar-refractivity contribution in [2.75, 3.05) is 12.3 Å². The molecule has 1 aromatic carbocycles. The van der Waals surface area contributed by atoms with Crippen LogP contribution in [0, 0.1) is 0 Å². The average Bonchev–Trinajstić information content (AvgIpc) is 2.32. The molecule has 4 heteroatoms. The van der Waals surface area contributed by atoms with Gasteiger partial charge >= 0.3 is 0 Å². The number of hydrogen-bond donors (Lipinski definition) is 1. The van der Waals surface area contributed by atoms with E-state index >= 15 is 0 Å². The summed E-state index contributed by atoms with van der Waals surface area (Å²) in [5, 5.41) is 7.82. The molecule has 82 valence electrons. The molecule has 2 aromatic rings. The lowest BCUT2D eigenvalue weighted by molar-refractivity contribution is 0.340. The summed E-state index contributed by atoms with van der Waals surface area (Å²) < 4.78 is 5.36. The lowest BCUT2D eigenvalue weighted by Crippen LogP contribution is -1.94. The van der Waals surface area contributed by atoms with Crippen molar-refractivity contribution in [3.05, 3.63) is 36.4 Å². The molecule has 0 radical (unpaired) electrons. The number of nitrogens with zero attached hydrogens (tertiary/aromatic N) is 2. The monoisotopic (exact) mass is 215 g/mol. The molecule has 0 saturated carbocycles. The van der Waals surface area contributed by atoms with Crippen molar-refractivity contribution in [3.63, 3.8) is 0 Å². The molecule has 2 rings (SSSR count). The third-order valence-corrected chi connectivity index (χ3v) is 2.15. The van der Waals surface area contributed by atoms with Crippen LogP contribution in [0.1, 0.15) is 6.92 Å². The summed E-state index contributed by atoms with van der Waals surface area (Å²) >= 11 is 0. The molecule has 16 heavy (non-hydrogen) atoms. The lowest BCUT2D eigenvalue weighted by atomic mass is 10.1. The number of nitrogen functional groups attached to an aromatic ring is 1. The van der Waals surface area contributed by atoms with Gasteiger partial charge in [-0.3, -0.25) is 0 Å². The first kappa shape index (κ1) is 10.4. The zero-order valence-electron chi connectivity index (χ0n) is 9.05. The van der Waals surface area contributed by atoms with E-state index in [2.05, 4.69) is 10.2 Å². The fraction of sp³-hybridized carbons (Fsp3) is 0.167. The van der Waals surface area contributed by atoms with Crippen molar-refractivity contribution in [2.45, 2.75) is 6.92 Å². The average molecular weight is 215 g/mol. The predicted molar refractivity (Wildman–Crippen MR) is 63.0 cm³/mol. The van der Waals surface area contributed by atoms with Gasteiger partial charge in [-0.05, 0) is 43.3 Å². The summed E-state index contributed by atoms with van der Waals surface area (Å²) in [5.74, 6) is 1.28. The molecule has 4 nitrogen and oxygen atoms in total. The molecule has 0 fully saturated rings. The van der Waals surface area contributed by atoms with E-state index in [0.717, 1.165) is 17.0 Å². The summed E-state index contributed by atoms with van der Waals surface area (Å²) in [6.45, 7) is 2.63. The highest BCUT2D eigenvalue weighted by Crippen LogP contribution is 2.20. The van der Waals surface area contributed by atoms with Crippen molar-refractivity contribution >= 4 is 5.82 Å². The van der Waals surface area contributed by atoms with Crippen LogP contribution in [-0.2, 0) is 0 Å². The van der Waals surface area contributed by atoms with E-state index in [1.165, 1.54) is 0 Å². The van der Waals surface area contributed by atoms with Crippen molar-refractivity contribution in [1.29, 1.82) is 0 Å². The Bertz CT molecular complexity index is 451. The summed E-state index contributed by atoms with van der Waals surface area (Å²) in [6.07, 6.45) is 0. The SMILES string of the molecule is CCOc1ccc(-c2ccc(N)nn2)cc1. The van der Waals surface area contributed by atoms with Gasteiger partial charge in [0.15, 0.2) is 0 Å². The molecule has 0 aliphatic carbocycles. The van der Waals surface area contributed by atoms with Crippen LogP contribution >= 0.6 is 0 Å². The highest BCUT2D eigenvalue weighted by molar-refractivity contribution is 5.60. The topological polar surface area (TPSA) is 61.0 Å². The standard InChI is InChI=1S/C12H13N3O/c1-2-16-10-5-3-9(4-6-10)11-7-8-12(13)15-14-11/h3-8H,2H2,1H3,(H2,13,15). The van der Waals surface area contributed by atoms with E-state index in [1.54, 1.807) is 6.07 Å². The van der Waals surface area contributed by atoms with Crippen LogP contribution in [-0.4, -0.2) is 16.8 Å². The van der Waals surface area contributed by atoms with Gasteiger partial charge in [-0.25, -0.2) is 0 Å². The Balaban J connectivity index is 2.24. The molecule has 0 amide bonds. The number of ether oxygens (including phenoxy) is 1. The zero-order valence-corrected chi connectivity index (χ0v) is 9.05. The van der Waals surface area contributed by atoms with Gasteiger partial charge in [0, 0.05) is 5.56 Å². The van der Waals surface area contributed by atoms with E-state index in [9.17, 15) is 0 Å². The van der Waals surface area contributed by atoms with Gasteiger partial charge in [0.2, 0.25) is 0 Å². The largest absolute Gasteiger partial charge is 0.494 e. The molecule has 0 saturated heterocycles. The van der Waals surface area contributed by atoms with Crippen LogP contribution in [0.3, 0.4) is 0 Å². The predicted octanol–water partition coefficient (Wildman–Crippen LogP) is 2.12. The number of benzene rings is 1. The van der Waals surface area contributed by atoms with Gasteiger partial charge in [0.05, 0.1) is 12.3 Å². The number of hydrogen-bond acceptors (Lipinski definition) is 4. The van der Waals surface area contributed by atoms with Crippen LogP contribution in [0.5, 0.6) is 5.75 Å². The lowest BCUT2D eigenvalue weighted by Gasteiger charge is -2.04. The third kappa shape index (κ3) is 2.28. The summed E-state index contributed by atoms with van der Waals surface area (Å²) in [7, 11) is 0.